The molecule has 0 saturated carbocycles. The minimum atomic E-state index is -1.18. The van der Waals surface area contributed by atoms with Crippen molar-refractivity contribution in [2.75, 3.05) is 6.54 Å². The maximum absolute atomic E-state index is 12.4. The second kappa shape index (κ2) is 6.88. The predicted octanol–water partition coefficient (Wildman–Crippen LogP) is 0.989. The van der Waals surface area contributed by atoms with Gasteiger partial charge in [-0.2, -0.15) is 5.26 Å². The van der Waals surface area contributed by atoms with Crippen LogP contribution in [-0.2, 0) is 9.59 Å². The van der Waals surface area contributed by atoms with Crippen LogP contribution in [-0.4, -0.2) is 49.6 Å². The highest BCUT2D eigenvalue weighted by atomic mass is 16.6. The topological polar surface area (TPSA) is 165 Å². The van der Waals surface area contributed by atoms with Crippen molar-refractivity contribution in [2.45, 2.75) is 18.9 Å². The monoisotopic (exact) mass is 347 g/mol. The lowest BCUT2D eigenvalue weighted by molar-refractivity contribution is -0.386. The van der Waals surface area contributed by atoms with Gasteiger partial charge in [-0.3, -0.25) is 14.9 Å². The molecule has 1 aromatic carbocycles. The Morgan fingerprint density at radius 3 is 2.64 bits per heavy atom. The Kier molecular flexibility index (Phi) is 4.88. The third-order valence-electron chi connectivity index (χ3n) is 3.75. The molecule has 0 spiro atoms. The van der Waals surface area contributed by atoms with Crippen molar-refractivity contribution in [3.05, 3.63) is 33.4 Å². The van der Waals surface area contributed by atoms with E-state index in [2.05, 4.69) is 0 Å². The number of amides is 1. The molecule has 1 aliphatic rings. The van der Waals surface area contributed by atoms with Gasteiger partial charge in [0.1, 0.15) is 17.7 Å². The first-order valence-corrected chi connectivity index (χ1v) is 7.12. The maximum Gasteiger partial charge on any atom is 0.326 e. The summed E-state index contributed by atoms with van der Waals surface area (Å²) in [7, 11) is 0. The zero-order valence-electron chi connectivity index (χ0n) is 12.7. The first-order valence-electron chi connectivity index (χ1n) is 7.12. The normalized spacial score (nSPS) is 17.2. The fraction of sp³-hybridized carbons (Fsp3) is 0.267. The first kappa shape index (κ1) is 17.7. The number of phenols is 2. The lowest BCUT2D eigenvalue weighted by Gasteiger charge is -2.20. The number of benzene rings is 1. The molecular weight excluding hydrogens is 334 g/mol. The SMILES string of the molecule is N#CC(=Cc1cc(O)c(O)c([N+](=O)[O-])c1)C(=O)N1CCCC1C(=O)O. The summed E-state index contributed by atoms with van der Waals surface area (Å²) in [4.78, 5) is 34.5. The molecule has 3 N–H and O–H groups in total. The van der Waals surface area contributed by atoms with Gasteiger partial charge in [-0.15, -0.1) is 0 Å². The predicted molar refractivity (Wildman–Crippen MR) is 82.4 cm³/mol. The molecule has 1 saturated heterocycles. The molecule has 10 heteroatoms. The highest BCUT2D eigenvalue weighted by Crippen LogP contribution is 2.36. The van der Waals surface area contributed by atoms with E-state index >= 15 is 0 Å². The largest absolute Gasteiger partial charge is 0.504 e. The van der Waals surface area contributed by atoms with E-state index in [1.807, 2.05) is 0 Å². The number of carboxylic acid groups (broad SMARTS) is 1. The van der Waals surface area contributed by atoms with Crippen molar-refractivity contribution in [1.29, 1.82) is 5.26 Å². The quantitative estimate of drug-likeness (QED) is 0.238. The van der Waals surface area contributed by atoms with E-state index in [1.165, 1.54) is 0 Å². The molecule has 1 fully saturated rings. The van der Waals surface area contributed by atoms with Crippen molar-refractivity contribution in [2.24, 2.45) is 0 Å². The molecule has 2 rings (SSSR count). The molecule has 0 bridgehead atoms. The smallest absolute Gasteiger partial charge is 0.326 e. The van der Waals surface area contributed by atoms with Gasteiger partial charge in [0.05, 0.1) is 4.92 Å². The molecule has 25 heavy (non-hydrogen) atoms. The van der Waals surface area contributed by atoms with Crippen LogP contribution in [0.5, 0.6) is 11.5 Å². The molecule has 0 radical (unpaired) electrons. The number of carboxylic acids is 1. The molecular formula is C15H13N3O7. The van der Waals surface area contributed by atoms with Gasteiger partial charge in [0.2, 0.25) is 5.75 Å². The van der Waals surface area contributed by atoms with Crippen LogP contribution in [0, 0.1) is 21.4 Å². The minimum absolute atomic E-state index is 0.0574. The van der Waals surface area contributed by atoms with Gasteiger partial charge in [0.25, 0.3) is 5.91 Å². The average molecular weight is 347 g/mol. The number of phenolic OH excluding ortho intramolecular Hbond substituents is 2. The van der Waals surface area contributed by atoms with Gasteiger partial charge in [-0.05, 0) is 30.5 Å². The third-order valence-corrected chi connectivity index (χ3v) is 3.75. The van der Waals surface area contributed by atoms with Crippen molar-refractivity contribution >= 4 is 23.6 Å². The van der Waals surface area contributed by atoms with E-state index in [1.54, 1.807) is 6.07 Å². The second-order valence-corrected chi connectivity index (χ2v) is 5.33. The van der Waals surface area contributed by atoms with Crippen LogP contribution in [0.25, 0.3) is 6.08 Å². The van der Waals surface area contributed by atoms with Gasteiger partial charge in [-0.1, -0.05) is 0 Å². The highest BCUT2D eigenvalue weighted by molar-refractivity contribution is 6.03. The summed E-state index contributed by atoms with van der Waals surface area (Å²) in [6.45, 7) is 0.176. The number of nitro groups is 1. The Morgan fingerprint density at radius 2 is 2.08 bits per heavy atom. The second-order valence-electron chi connectivity index (χ2n) is 5.33. The van der Waals surface area contributed by atoms with Crippen LogP contribution >= 0.6 is 0 Å². The lowest BCUT2D eigenvalue weighted by atomic mass is 10.1. The van der Waals surface area contributed by atoms with Crippen molar-refractivity contribution in [1.82, 2.24) is 4.90 Å². The molecule has 130 valence electrons. The number of carbonyl (C=O) groups is 2. The highest BCUT2D eigenvalue weighted by Gasteiger charge is 2.35. The minimum Gasteiger partial charge on any atom is -0.504 e. The molecule has 1 unspecified atom stereocenters. The third kappa shape index (κ3) is 3.50. The number of aromatic hydroxyl groups is 2. The summed E-state index contributed by atoms with van der Waals surface area (Å²) in [5.41, 5.74) is -1.29. The molecule has 0 aromatic heterocycles. The Morgan fingerprint density at radius 1 is 1.40 bits per heavy atom. The van der Waals surface area contributed by atoms with Gasteiger partial charge in [0.15, 0.2) is 5.75 Å². The number of likely N-dealkylation sites (tertiary alicyclic amines) is 1. The van der Waals surface area contributed by atoms with E-state index in [9.17, 15) is 35.2 Å². The van der Waals surface area contributed by atoms with Crippen LogP contribution in [0.3, 0.4) is 0 Å². The summed E-state index contributed by atoms with van der Waals surface area (Å²) < 4.78 is 0. The number of nitriles is 1. The molecule has 1 aromatic rings. The van der Waals surface area contributed by atoms with Gasteiger partial charge < -0.3 is 20.2 Å². The molecule has 1 heterocycles. The molecule has 10 nitrogen and oxygen atoms in total. The van der Waals surface area contributed by atoms with Crippen molar-refractivity contribution in [3.8, 4) is 17.6 Å². The Balaban J connectivity index is 2.41. The Bertz CT molecular complexity index is 825. The Hall–Kier alpha value is -3.61. The van der Waals surface area contributed by atoms with Crippen LogP contribution in [0.4, 0.5) is 5.69 Å². The van der Waals surface area contributed by atoms with Crippen LogP contribution < -0.4 is 0 Å². The average Bonchev–Trinajstić information content (AvgIpc) is 3.04. The number of hydrogen-bond donors (Lipinski definition) is 3. The van der Waals surface area contributed by atoms with Crippen LogP contribution in [0.1, 0.15) is 18.4 Å². The summed E-state index contributed by atoms with van der Waals surface area (Å²) >= 11 is 0. The van der Waals surface area contributed by atoms with Gasteiger partial charge >= 0.3 is 11.7 Å². The van der Waals surface area contributed by atoms with E-state index < -0.39 is 45.6 Å². The Labute approximate surface area is 141 Å². The van der Waals surface area contributed by atoms with Crippen LogP contribution in [0.15, 0.2) is 17.7 Å². The summed E-state index contributed by atoms with van der Waals surface area (Å²) in [6, 6.07) is 2.43. The fourth-order valence-electron chi connectivity index (χ4n) is 2.58. The van der Waals surface area contributed by atoms with E-state index in [0.29, 0.717) is 6.42 Å². The van der Waals surface area contributed by atoms with Gasteiger partial charge in [-0.25, -0.2) is 4.79 Å². The maximum atomic E-state index is 12.4. The van der Waals surface area contributed by atoms with Gasteiger partial charge in [0, 0.05) is 12.6 Å². The van der Waals surface area contributed by atoms with E-state index in [0.717, 1.165) is 23.1 Å². The summed E-state index contributed by atoms with van der Waals surface area (Å²) in [5, 5.41) is 48.1. The molecule has 1 aliphatic heterocycles. The molecule has 0 aliphatic carbocycles. The summed E-state index contributed by atoms with van der Waals surface area (Å²) in [5.74, 6) is -3.71. The number of rotatable bonds is 4. The number of aliphatic carboxylic acids is 1. The fourth-order valence-corrected chi connectivity index (χ4v) is 2.58. The van der Waals surface area contributed by atoms with E-state index in [4.69, 9.17) is 5.11 Å². The number of nitrogens with zero attached hydrogens (tertiary/aromatic N) is 3. The first-order chi connectivity index (χ1) is 11.8. The molecule has 1 atom stereocenters. The summed E-state index contributed by atoms with van der Waals surface area (Å²) in [6.07, 6.45) is 1.74. The number of carbonyl (C=O) groups excluding carboxylic acids is 1. The van der Waals surface area contributed by atoms with Crippen molar-refractivity contribution in [3.63, 3.8) is 0 Å². The zero-order valence-corrected chi connectivity index (χ0v) is 12.7. The standard InChI is InChI=1S/C15H13N3O7/c16-7-9(14(21)17-3-1-2-10(17)15(22)23)4-8-5-11(18(24)25)13(20)12(19)6-8/h4-6,10,19-20H,1-3H2,(H,22,23). The number of nitro benzene ring substituents is 1. The lowest BCUT2D eigenvalue weighted by Crippen LogP contribution is -2.40. The molecule has 1 amide bonds. The zero-order chi connectivity index (χ0) is 18.7. The number of hydrogen-bond acceptors (Lipinski definition) is 7. The van der Waals surface area contributed by atoms with Crippen molar-refractivity contribution < 1.29 is 29.8 Å². The van der Waals surface area contributed by atoms with E-state index in [-0.39, 0.29) is 18.5 Å². The van der Waals surface area contributed by atoms with Crippen LogP contribution in [0.2, 0.25) is 0 Å².